The zero-order chi connectivity index (χ0) is 14.5. The summed E-state index contributed by atoms with van der Waals surface area (Å²) in [5.74, 6) is 6.31. The van der Waals surface area contributed by atoms with Crippen molar-refractivity contribution in [2.45, 2.75) is 19.5 Å². The molecule has 0 radical (unpaired) electrons. The molecule has 0 aliphatic heterocycles. The lowest BCUT2D eigenvalue weighted by atomic mass is 10.2. The van der Waals surface area contributed by atoms with Gasteiger partial charge in [0.2, 0.25) is 0 Å². The third kappa shape index (κ3) is 3.43. The van der Waals surface area contributed by atoms with Gasteiger partial charge < -0.3 is 4.74 Å². The number of nitrogens with one attached hydrogen (secondary N) is 1. The van der Waals surface area contributed by atoms with Crippen LogP contribution in [0.4, 0.5) is 0 Å². The van der Waals surface area contributed by atoms with E-state index in [1.807, 2.05) is 6.92 Å². The van der Waals surface area contributed by atoms with E-state index < -0.39 is 0 Å². The molecule has 7 heteroatoms. The van der Waals surface area contributed by atoms with E-state index in [1.54, 1.807) is 35.1 Å². The molecule has 2 rings (SSSR count). The predicted molar refractivity (Wildman–Crippen MR) is 79.9 cm³/mol. The maximum atomic E-state index is 6.15. The number of rotatable bonds is 6. The molecule has 2 aromatic rings. The number of aryl methyl sites for hydroxylation is 1. The lowest BCUT2D eigenvalue weighted by Crippen LogP contribution is -2.34. The lowest BCUT2D eigenvalue weighted by molar-refractivity contribution is 0.260. The Kier molecular flexibility index (Phi) is 5.25. The molecule has 0 saturated heterocycles. The van der Waals surface area contributed by atoms with Gasteiger partial charge in [-0.1, -0.05) is 23.2 Å². The second-order valence-electron chi connectivity index (χ2n) is 4.18. The molecule has 0 spiro atoms. The van der Waals surface area contributed by atoms with Gasteiger partial charge in [0.25, 0.3) is 0 Å². The number of hydrazine groups is 1. The second kappa shape index (κ2) is 6.95. The molecule has 108 valence electrons. The molecule has 0 aliphatic carbocycles. The summed E-state index contributed by atoms with van der Waals surface area (Å²) in [6, 6.07) is 6.89. The zero-order valence-corrected chi connectivity index (χ0v) is 12.5. The average Bonchev–Trinajstić information content (AvgIpc) is 2.83. The molecular weight excluding hydrogens is 299 g/mol. The van der Waals surface area contributed by atoms with Gasteiger partial charge in [0.15, 0.2) is 0 Å². The van der Waals surface area contributed by atoms with Gasteiger partial charge in [-0.15, -0.1) is 0 Å². The minimum atomic E-state index is -0.249. The van der Waals surface area contributed by atoms with Gasteiger partial charge in [0.05, 0.1) is 23.0 Å². The van der Waals surface area contributed by atoms with Crippen molar-refractivity contribution in [1.82, 2.24) is 15.2 Å². The molecule has 1 aromatic carbocycles. The number of hydrogen-bond donors (Lipinski definition) is 2. The van der Waals surface area contributed by atoms with Crippen molar-refractivity contribution in [3.8, 4) is 5.75 Å². The summed E-state index contributed by atoms with van der Waals surface area (Å²) in [6.45, 7) is 3.03. The summed E-state index contributed by atoms with van der Waals surface area (Å²) in [6.07, 6.45) is 1.60. The van der Waals surface area contributed by atoms with E-state index in [-0.39, 0.29) is 6.04 Å². The quantitative estimate of drug-likeness (QED) is 0.635. The van der Waals surface area contributed by atoms with E-state index >= 15 is 0 Å². The van der Waals surface area contributed by atoms with E-state index in [4.69, 9.17) is 33.8 Å². The van der Waals surface area contributed by atoms with Crippen molar-refractivity contribution in [3.63, 3.8) is 0 Å². The van der Waals surface area contributed by atoms with Gasteiger partial charge in [0, 0.05) is 11.6 Å². The number of nitrogens with zero attached hydrogens (tertiary/aromatic N) is 2. The van der Waals surface area contributed by atoms with Crippen LogP contribution in [-0.4, -0.2) is 16.4 Å². The average molecular weight is 315 g/mol. The van der Waals surface area contributed by atoms with E-state index in [1.165, 1.54) is 0 Å². The molecule has 20 heavy (non-hydrogen) atoms. The fourth-order valence-electron chi connectivity index (χ4n) is 1.89. The van der Waals surface area contributed by atoms with E-state index in [2.05, 4.69) is 10.5 Å². The SMILES string of the molecule is CCn1ncc(Cl)c1C(COc1ccc(Cl)cc1)NN. The second-order valence-corrected chi connectivity index (χ2v) is 5.02. The van der Waals surface area contributed by atoms with Gasteiger partial charge >= 0.3 is 0 Å². The topological polar surface area (TPSA) is 65.1 Å². The van der Waals surface area contributed by atoms with Crippen molar-refractivity contribution in [3.05, 3.63) is 46.2 Å². The van der Waals surface area contributed by atoms with Crippen LogP contribution in [0, 0.1) is 0 Å². The van der Waals surface area contributed by atoms with Crippen LogP contribution >= 0.6 is 23.2 Å². The Labute approximate surface area is 127 Å². The van der Waals surface area contributed by atoms with E-state index in [0.717, 1.165) is 5.69 Å². The number of hydrogen-bond acceptors (Lipinski definition) is 4. The first-order valence-corrected chi connectivity index (χ1v) is 6.97. The minimum Gasteiger partial charge on any atom is -0.491 e. The summed E-state index contributed by atoms with van der Waals surface area (Å²) >= 11 is 12.0. The Morgan fingerprint density at radius 2 is 2.05 bits per heavy atom. The number of aromatic nitrogens is 2. The van der Waals surface area contributed by atoms with Crippen LogP contribution in [0.3, 0.4) is 0 Å². The van der Waals surface area contributed by atoms with E-state index in [9.17, 15) is 0 Å². The first kappa shape index (κ1) is 15.1. The maximum absolute atomic E-state index is 6.15. The van der Waals surface area contributed by atoms with E-state index in [0.29, 0.717) is 28.9 Å². The highest BCUT2D eigenvalue weighted by molar-refractivity contribution is 6.31. The van der Waals surface area contributed by atoms with Gasteiger partial charge in [-0.05, 0) is 31.2 Å². The number of nitrogens with two attached hydrogens (primary N) is 1. The molecule has 5 nitrogen and oxygen atoms in total. The third-order valence-electron chi connectivity index (χ3n) is 2.89. The van der Waals surface area contributed by atoms with Crippen molar-refractivity contribution in [1.29, 1.82) is 0 Å². The zero-order valence-electron chi connectivity index (χ0n) is 11.0. The summed E-state index contributed by atoms with van der Waals surface area (Å²) in [5, 5.41) is 5.41. The standard InChI is InChI=1S/C13H16Cl2N4O/c1-2-19-13(11(15)7-17-19)12(18-16)8-20-10-5-3-9(14)4-6-10/h3-7,12,18H,2,8,16H2,1H3. The molecule has 0 fully saturated rings. The van der Waals surface area contributed by atoms with Gasteiger partial charge in [-0.25, -0.2) is 5.43 Å². The molecule has 1 unspecified atom stereocenters. The molecule has 0 amide bonds. The summed E-state index contributed by atoms with van der Waals surface area (Å²) < 4.78 is 7.48. The number of ether oxygens (including phenoxy) is 1. The molecule has 1 atom stereocenters. The number of benzene rings is 1. The monoisotopic (exact) mass is 314 g/mol. The predicted octanol–water partition coefficient (Wildman–Crippen LogP) is 2.79. The van der Waals surface area contributed by atoms with Crippen LogP contribution in [0.15, 0.2) is 30.5 Å². The largest absolute Gasteiger partial charge is 0.491 e. The first-order valence-electron chi connectivity index (χ1n) is 6.21. The fourth-order valence-corrected chi connectivity index (χ4v) is 2.29. The summed E-state index contributed by atoms with van der Waals surface area (Å²) in [7, 11) is 0. The number of halogens is 2. The highest BCUT2D eigenvalue weighted by Gasteiger charge is 2.19. The molecular formula is C13H16Cl2N4O. The van der Waals surface area contributed by atoms with Crippen LogP contribution in [-0.2, 0) is 6.54 Å². The molecule has 0 saturated carbocycles. The first-order chi connectivity index (χ1) is 9.65. The molecule has 0 aliphatic rings. The normalized spacial score (nSPS) is 12.4. The summed E-state index contributed by atoms with van der Waals surface area (Å²) in [4.78, 5) is 0. The van der Waals surface area contributed by atoms with Crippen LogP contribution in [0.2, 0.25) is 10.0 Å². The lowest BCUT2D eigenvalue weighted by Gasteiger charge is -2.18. The fraction of sp³-hybridized carbons (Fsp3) is 0.308. The molecule has 1 heterocycles. The minimum absolute atomic E-state index is 0.249. The molecule has 3 N–H and O–H groups in total. The Morgan fingerprint density at radius 3 is 2.65 bits per heavy atom. The highest BCUT2D eigenvalue weighted by atomic mass is 35.5. The van der Waals surface area contributed by atoms with Crippen LogP contribution in [0.1, 0.15) is 18.7 Å². The Bertz CT molecular complexity index is 556. The van der Waals surface area contributed by atoms with Crippen LogP contribution in [0.5, 0.6) is 5.75 Å². The van der Waals surface area contributed by atoms with Crippen molar-refractivity contribution >= 4 is 23.2 Å². The van der Waals surface area contributed by atoms with Crippen LogP contribution in [0.25, 0.3) is 0 Å². The molecule has 1 aromatic heterocycles. The van der Waals surface area contributed by atoms with Gasteiger partial charge in [-0.2, -0.15) is 5.10 Å². The van der Waals surface area contributed by atoms with Crippen molar-refractivity contribution in [2.75, 3.05) is 6.61 Å². The highest BCUT2D eigenvalue weighted by Crippen LogP contribution is 2.24. The van der Waals surface area contributed by atoms with Crippen molar-refractivity contribution in [2.24, 2.45) is 5.84 Å². The van der Waals surface area contributed by atoms with Crippen LogP contribution < -0.4 is 16.0 Å². The van der Waals surface area contributed by atoms with Gasteiger partial charge in [-0.3, -0.25) is 10.5 Å². The Balaban J connectivity index is 2.09. The van der Waals surface area contributed by atoms with Crippen molar-refractivity contribution < 1.29 is 4.74 Å². The summed E-state index contributed by atoms with van der Waals surface area (Å²) in [5.41, 5.74) is 3.52. The Morgan fingerprint density at radius 1 is 1.35 bits per heavy atom. The van der Waals surface area contributed by atoms with Gasteiger partial charge in [0.1, 0.15) is 12.4 Å². The third-order valence-corrected chi connectivity index (χ3v) is 3.44. The molecule has 0 bridgehead atoms. The maximum Gasteiger partial charge on any atom is 0.119 e. The Hall–Kier alpha value is -1.27. The smallest absolute Gasteiger partial charge is 0.119 e.